The maximum atomic E-state index is 11.4. The monoisotopic (exact) mass is 244 g/mol. The second kappa shape index (κ2) is 4.87. The first kappa shape index (κ1) is 12.1. The lowest BCUT2D eigenvalue weighted by Crippen LogP contribution is -2.14. The fourth-order valence-electron chi connectivity index (χ4n) is 2.07. The molecule has 92 valence electrons. The molecule has 0 saturated carbocycles. The molecule has 0 unspecified atom stereocenters. The van der Waals surface area contributed by atoms with Gasteiger partial charge in [-0.05, 0) is 24.0 Å². The number of carboxylic acids is 2. The highest BCUT2D eigenvalue weighted by Crippen LogP contribution is 2.30. The summed E-state index contributed by atoms with van der Waals surface area (Å²) < 4.78 is 0. The number of aliphatic carboxylic acids is 2. The highest BCUT2D eigenvalue weighted by atomic mass is 16.4. The Morgan fingerprint density at radius 3 is 1.44 bits per heavy atom. The number of hydrogen-bond donors (Lipinski definition) is 2. The Balaban J connectivity index is 2.54. The summed E-state index contributed by atoms with van der Waals surface area (Å²) in [5.74, 6) is -2.40. The molecule has 4 heteroatoms. The van der Waals surface area contributed by atoms with Crippen molar-refractivity contribution in [2.45, 2.75) is 12.8 Å². The van der Waals surface area contributed by atoms with Gasteiger partial charge in [0, 0.05) is 0 Å². The van der Waals surface area contributed by atoms with Crippen molar-refractivity contribution < 1.29 is 19.8 Å². The van der Waals surface area contributed by atoms with Gasteiger partial charge in [0.2, 0.25) is 0 Å². The maximum Gasteiger partial charge on any atom is 0.336 e. The van der Waals surface area contributed by atoms with E-state index in [4.69, 9.17) is 0 Å². The molecule has 2 rings (SSSR count). The second-order valence-electron chi connectivity index (χ2n) is 4.01. The van der Waals surface area contributed by atoms with E-state index in [1.165, 1.54) is 0 Å². The average molecular weight is 244 g/mol. The van der Waals surface area contributed by atoms with Crippen LogP contribution < -0.4 is 0 Å². The van der Waals surface area contributed by atoms with Crippen LogP contribution in [-0.2, 0) is 9.59 Å². The van der Waals surface area contributed by atoms with Gasteiger partial charge in [-0.3, -0.25) is 0 Å². The Bertz CT molecular complexity index is 506. The smallest absolute Gasteiger partial charge is 0.336 e. The van der Waals surface area contributed by atoms with Crippen LogP contribution in [0.25, 0.3) is 0 Å². The van der Waals surface area contributed by atoms with E-state index in [-0.39, 0.29) is 11.1 Å². The van der Waals surface area contributed by atoms with E-state index >= 15 is 0 Å². The number of allylic oxidation sites excluding steroid dienone is 6. The van der Waals surface area contributed by atoms with Crippen molar-refractivity contribution in [3.8, 4) is 0 Å². The van der Waals surface area contributed by atoms with Crippen molar-refractivity contribution in [2.75, 3.05) is 0 Å². The molecule has 2 aliphatic rings. The summed E-state index contributed by atoms with van der Waals surface area (Å²) in [6.07, 6.45) is 11.3. The molecule has 4 nitrogen and oxygen atoms in total. The van der Waals surface area contributed by atoms with E-state index < -0.39 is 11.9 Å². The molecule has 0 spiro atoms. The van der Waals surface area contributed by atoms with Gasteiger partial charge in [0.1, 0.15) is 0 Å². The minimum absolute atomic E-state index is 0.109. The van der Waals surface area contributed by atoms with Gasteiger partial charge in [0.15, 0.2) is 0 Å². The number of hydrogen-bond acceptors (Lipinski definition) is 2. The third-order valence-corrected chi connectivity index (χ3v) is 2.86. The van der Waals surface area contributed by atoms with Gasteiger partial charge in [-0.1, -0.05) is 36.5 Å². The molecular weight excluding hydrogens is 232 g/mol. The Morgan fingerprint density at radius 1 is 0.833 bits per heavy atom. The minimum atomic E-state index is -1.20. The maximum absolute atomic E-state index is 11.4. The van der Waals surface area contributed by atoms with Crippen molar-refractivity contribution in [3.05, 3.63) is 58.7 Å². The standard InChI is InChI=1S/C14H12O4/c15-13(16)11(9-5-1-2-6-9)12(14(17)18)10-7-3-4-8-10/h1-5,7H,6,8H2,(H,15,16)(H,17,18)/b12-11-. The van der Waals surface area contributed by atoms with Crippen LogP contribution in [0.5, 0.6) is 0 Å². The van der Waals surface area contributed by atoms with E-state index in [0.29, 0.717) is 24.0 Å². The summed E-state index contributed by atoms with van der Waals surface area (Å²) in [6.45, 7) is 0. The van der Waals surface area contributed by atoms with Gasteiger partial charge >= 0.3 is 11.9 Å². The molecular formula is C14H12O4. The summed E-state index contributed by atoms with van der Waals surface area (Å²) in [6, 6.07) is 0. The molecule has 0 heterocycles. The SMILES string of the molecule is O=C(O)/C(C1=CC=CC1)=C(\C(=O)O)C1=CC=CC1. The predicted molar refractivity (Wildman–Crippen MR) is 66.0 cm³/mol. The zero-order valence-corrected chi connectivity index (χ0v) is 9.59. The Hall–Kier alpha value is -2.36. The largest absolute Gasteiger partial charge is 0.478 e. The van der Waals surface area contributed by atoms with Crippen LogP contribution in [0.4, 0.5) is 0 Å². The molecule has 0 saturated heterocycles. The van der Waals surface area contributed by atoms with Crippen LogP contribution in [0, 0.1) is 0 Å². The van der Waals surface area contributed by atoms with Crippen LogP contribution >= 0.6 is 0 Å². The van der Waals surface area contributed by atoms with Gasteiger partial charge in [-0.15, -0.1) is 0 Å². The Kier molecular flexibility index (Phi) is 3.28. The van der Waals surface area contributed by atoms with Crippen molar-refractivity contribution in [2.24, 2.45) is 0 Å². The van der Waals surface area contributed by atoms with Crippen molar-refractivity contribution in [1.29, 1.82) is 0 Å². The van der Waals surface area contributed by atoms with E-state index in [0.717, 1.165) is 0 Å². The molecule has 0 amide bonds. The third-order valence-electron chi connectivity index (χ3n) is 2.86. The normalized spacial score (nSPS) is 18.4. The van der Waals surface area contributed by atoms with Crippen LogP contribution in [0.15, 0.2) is 58.7 Å². The molecule has 0 bridgehead atoms. The zero-order valence-electron chi connectivity index (χ0n) is 9.59. The van der Waals surface area contributed by atoms with Gasteiger partial charge in [-0.2, -0.15) is 0 Å². The van der Waals surface area contributed by atoms with Crippen molar-refractivity contribution >= 4 is 11.9 Å². The molecule has 0 radical (unpaired) electrons. The lowest BCUT2D eigenvalue weighted by atomic mass is 9.93. The molecule has 18 heavy (non-hydrogen) atoms. The van der Waals surface area contributed by atoms with E-state index in [9.17, 15) is 19.8 Å². The van der Waals surface area contributed by atoms with Crippen LogP contribution in [0.3, 0.4) is 0 Å². The molecule has 2 N–H and O–H groups in total. The number of rotatable bonds is 4. The molecule has 2 aliphatic carbocycles. The van der Waals surface area contributed by atoms with Crippen LogP contribution in [0.1, 0.15) is 12.8 Å². The molecule has 0 aromatic heterocycles. The molecule has 0 aliphatic heterocycles. The summed E-state index contributed by atoms with van der Waals surface area (Å²) in [4.78, 5) is 22.7. The van der Waals surface area contributed by atoms with Gasteiger partial charge in [-0.25, -0.2) is 9.59 Å². The number of carbonyl (C=O) groups is 2. The first-order valence-electron chi connectivity index (χ1n) is 5.54. The van der Waals surface area contributed by atoms with Crippen LogP contribution in [-0.4, -0.2) is 22.2 Å². The highest BCUT2D eigenvalue weighted by Gasteiger charge is 2.26. The molecule has 0 atom stereocenters. The van der Waals surface area contributed by atoms with Gasteiger partial charge in [0.05, 0.1) is 11.1 Å². The molecule has 0 aromatic rings. The lowest BCUT2D eigenvalue weighted by Gasteiger charge is -2.10. The van der Waals surface area contributed by atoms with Crippen molar-refractivity contribution in [1.82, 2.24) is 0 Å². The lowest BCUT2D eigenvalue weighted by molar-refractivity contribution is -0.135. The zero-order chi connectivity index (χ0) is 13.1. The highest BCUT2D eigenvalue weighted by molar-refractivity contribution is 6.05. The Morgan fingerprint density at radius 2 is 1.22 bits per heavy atom. The molecule has 0 fully saturated rings. The average Bonchev–Trinajstić information content (AvgIpc) is 2.97. The van der Waals surface area contributed by atoms with E-state index in [2.05, 4.69) is 0 Å². The first-order chi connectivity index (χ1) is 8.61. The van der Waals surface area contributed by atoms with Crippen LogP contribution in [0.2, 0.25) is 0 Å². The number of carboxylic acid groups (broad SMARTS) is 2. The van der Waals surface area contributed by atoms with Gasteiger partial charge < -0.3 is 10.2 Å². The fourth-order valence-corrected chi connectivity index (χ4v) is 2.07. The minimum Gasteiger partial charge on any atom is -0.478 e. The predicted octanol–water partition coefficient (Wildman–Crippen LogP) is 2.22. The van der Waals surface area contributed by atoms with E-state index in [1.807, 2.05) is 0 Å². The first-order valence-corrected chi connectivity index (χ1v) is 5.54. The summed E-state index contributed by atoms with van der Waals surface area (Å²) in [5.41, 5.74) is 0.852. The van der Waals surface area contributed by atoms with Crippen molar-refractivity contribution in [3.63, 3.8) is 0 Å². The summed E-state index contributed by atoms with van der Waals surface area (Å²) in [7, 11) is 0. The fraction of sp³-hybridized carbons (Fsp3) is 0.143. The topological polar surface area (TPSA) is 74.6 Å². The second-order valence-corrected chi connectivity index (χ2v) is 4.01. The third kappa shape index (κ3) is 2.18. The molecule has 0 aromatic carbocycles. The quantitative estimate of drug-likeness (QED) is 0.743. The summed E-state index contributed by atoms with van der Waals surface area (Å²) >= 11 is 0. The summed E-state index contributed by atoms with van der Waals surface area (Å²) in [5, 5.41) is 18.6. The Labute approximate surface area is 104 Å². The van der Waals surface area contributed by atoms with Gasteiger partial charge in [0.25, 0.3) is 0 Å². The van der Waals surface area contributed by atoms with E-state index in [1.54, 1.807) is 36.5 Å².